The van der Waals surface area contributed by atoms with Crippen molar-refractivity contribution in [3.8, 4) is 5.75 Å². The van der Waals surface area contributed by atoms with Crippen molar-refractivity contribution in [3.05, 3.63) is 36.2 Å². The van der Waals surface area contributed by atoms with Crippen LogP contribution < -0.4 is 15.4 Å². The average Bonchev–Trinajstić information content (AvgIpc) is 3.11. The van der Waals surface area contributed by atoms with Crippen molar-refractivity contribution in [3.63, 3.8) is 0 Å². The van der Waals surface area contributed by atoms with E-state index in [1.54, 1.807) is 10.9 Å². The first kappa shape index (κ1) is 19.2. The van der Waals surface area contributed by atoms with E-state index >= 15 is 0 Å². The van der Waals surface area contributed by atoms with Gasteiger partial charge in [0.15, 0.2) is 5.69 Å². The summed E-state index contributed by atoms with van der Waals surface area (Å²) in [5.74, 6) is 0.482. The minimum Gasteiger partial charge on any atom is -0.494 e. The lowest BCUT2D eigenvalue weighted by atomic mass is 10.1. The van der Waals surface area contributed by atoms with Gasteiger partial charge in [-0.3, -0.25) is 4.79 Å². The fourth-order valence-electron chi connectivity index (χ4n) is 2.71. The van der Waals surface area contributed by atoms with Crippen molar-refractivity contribution in [1.82, 2.24) is 20.3 Å². The molecule has 0 saturated carbocycles. The number of aromatic nitrogens is 3. The number of carbonyl (C=O) groups is 1. The normalized spacial score (nSPS) is 14.6. The van der Waals surface area contributed by atoms with Gasteiger partial charge in [0.1, 0.15) is 5.75 Å². The summed E-state index contributed by atoms with van der Waals surface area (Å²) in [5.41, 5.74) is 1.01. The Morgan fingerprint density at radius 2 is 2.20 bits per heavy atom. The van der Waals surface area contributed by atoms with E-state index in [-0.39, 0.29) is 18.3 Å². The van der Waals surface area contributed by atoms with Gasteiger partial charge >= 0.3 is 0 Å². The summed E-state index contributed by atoms with van der Waals surface area (Å²) in [4.78, 5) is 12.4. The standard InChI is InChI=1S/C17H23N5O2.ClH/c1-2-10-24-15-5-3-4-13(11-15)19-17(23)16-12-22(21-20-16)14-6-8-18-9-7-14;/h3-5,11-12,14,18H,2,6-10H2,1H3,(H,19,23);1H. The van der Waals surface area contributed by atoms with Gasteiger partial charge in [0.05, 0.1) is 18.8 Å². The molecule has 2 N–H and O–H groups in total. The highest BCUT2D eigenvalue weighted by molar-refractivity contribution is 6.02. The molecule has 0 bridgehead atoms. The number of benzene rings is 1. The number of anilines is 1. The zero-order chi connectivity index (χ0) is 16.8. The van der Waals surface area contributed by atoms with E-state index in [2.05, 4.69) is 27.9 Å². The molecule has 1 aliphatic rings. The van der Waals surface area contributed by atoms with Crippen LogP contribution in [0, 0.1) is 0 Å². The summed E-state index contributed by atoms with van der Waals surface area (Å²) in [5, 5.41) is 14.3. The Balaban J connectivity index is 0.00000225. The Morgan fingerprint density at radius 3 is 2.96 bits per heavy atom. The van der Waals surface area contributed by atoms with Gasteiger partial charge in [-0.1, -0.05) is 18.2 Å². The molecule has 1 fully saturated rings. The lowest BCUT2D eigenvalue weighted by Crippen LogP contribution is -2.29. The highest BCUT2D eigenvalue weighted by Gasteiger charge is 2.18. The molecule has 1 amide bonds. The van der Waals surface area contributed by atoms with Gasteiger partial charge in [-0.2, -0.15) is 0 Å². The second-order valence-corrected chi connectivity index (χ2v) is 5.90. The predicted octanol–water partition coefficient (Wildman–Crippen LogP) is 2.67. The van der Waals surface area contributed by atoms with Crippen LogP contribution in [0.3, 0.4) is 0 Å². The molecular weight excluding hydrogens is 342 g/mol. The van der Waals surface area contributed by atoms with E-state index in [0.717, 1.165) is 38.1 Å². The zero-order valence-electron chi connectivity index (χ0n) is 14.3. The second-order valence-electron chi connectivity index (χ2n) is 5.90. The Labute approximate surface area is 153 Å². The minimum atomic E-state index is -0.261. The smallest absolute Gasteiger partial charge is 0.277 e. The quantitative estimate of drug-likeness (QED) is 0.822. The fraction of sp³-hybridized carbons (Fsp3) is 0.471. The van der Waals surface area contributed by atoms with Crippen LogP contribution in [-0.2, 0) is 0 Å². The molecular formula is C17H24ClN5O2. The lowest BCUT2D eigenvalue weighted by molar-refractivity contribution is 0.102. The average molecular weight is 366 g/mol. The topological polar surface area (TPSA) is 81.1 Å². The molecule has 0 atom stereocenters. The van der Waals surface area contributed by atoms with Crippen molar-refractivity contribution in [2.75, 3.05) is 25.0 Å². The van der Waals surface area contributed by atoms with Gasteiger partial charge in [-0.25, -0.2) is 4.68 Å². The molecule has 1 saturated heterocycles. The van der Waals surface area contributed by atoms with Crippen molar-refractivity contribution in [2.45, 2.75) is 32.2 Å². The fourth-order valence-corrected chi connectivity index (χ4v) is 2.71. The molecule has 1 aromatic heterocycles. The first-order valence-corrected chi connectivity index (χ1v) is 8.43. The van der Waals surface area contributed by atoms with Gasteiger partial charge in [-0.15, -0.1) is 17.5 Å². The molecule has 25 heavy (non-hydrogen) atoms. The van der Waals surface area contributed by atoms with Crippen molar-refractivity contribution in [1.29, 1.82) is 0 Å². The number of amides is 1. The lowest BCUT2D eigenvalue weighted by Gasteiger charge is -2.22. The Morgan fingerprint density at radius 1 is 1.40 bits per heavy atom. The maximum Gasteiger partial charge on any atom is 0.277 e. The van der Waals surface area contributed by atoms with Gasteiger partial charge in [0.25, 0.3) is 5.91 Å². The molecule has 3 rings (SSSR count). The third-order valence-electron chi connectivity index (χ3n) is 3.99. The van der Waals surface area contributed by atoms with E-state index in [0.29, 0.717) is 24.0 Å². The Bertz CT molecular complexity index is 685. The van der Waals surface area contributed by atoms with Crippen LogP contribution in [0.15, 0.2) is 30.5 Å². The zero-order valence-corrected chi connectivity index (χ0v) is 15.1. The summed E-state index contributed by atoms with van der Waals surface area (Å²) < 4.78 is 7.38. The molecule has 136 valence electrons. The third kappa shape index (κ3) is 5.17. The largest absolute Gasteiger partial charge is 0.494 e. The molecule has 0 unspecified atom stereocenters. The maximum atomic E-state index is 12.4. The van der Waals surface area contributed by atoms with Gasteiger partial charge < -0.3 is 15.4 Å². The Hall–Kier alpha value is -2.12. The van der Waals surface area contributed by atoms with Crippen molar-refractivity contribution in [2.24, 2.45) is 0 Å². The molecule has 0 spiro atoms. The summed E-state index contributed by atoms with van der Waals surface area (Å²) in [6, 6.07) is 7.68. The first-order valence-electron chi connectivity index (χ1n) is 8.43. The van der Waals surface area contributed by atoms with E-state index in [4.69, 9.17) is 4.74 Å². The minimum absolute atomic E-state index is 0. The molecule has 1 aliphatic heterocycles. The number of carbonyl (C=O) groups excluding carboxylic acids is 1. The van der Waals surface area contributed by atoms with Crippen molar-refractivity contribution < 1.29 is 9.53 Å². The van der Waals surface area contributed by atoms with Gasteiger partial charge in [0.2, 0.25) is 0 Å². The van der Waals surface area contributed by atoms with E-state index in [1.165, 1.54) is 0 Å². The molecule has 0 radical (unpaired) electrons. The predicted molar refractivity (Wildman–Crippen MR) is 98.6 cm³/mol. The molecule has 2 heterocycles. The van der Waals surface area contributed by atoms with Crippen LogP contribution in [0.4, 0.5) is 5.69 Å². The number of rotatable bonds is 6. The van der Waals surface area contributed by atoms with Crippen LogP contribution in [0.1, 0.15) is 42.7 Å². The van der Waals surface area contributed by atoms with Gasteiger partial charge in [0, 0.05) is 11.8 Å². The second kappa shape index (κ2) is 9.39. The summed E-state index contributed by atoms with van der Waals surface area (Å²) in [6.45, 7) is 4.65. The van der Waals surface area contributed by atoms with Crippen LogP contribution in [0.25, 0.3) is 0 Å². The van der Waals surface area contributed by atoms with Crippen molar-refractivity contribution >= 4 is 24.0 Å². The van der Waals surface area contributed by atoms with Crippen LogP contribution in [-0.4, -0.2) is 40.6 Å². The van der Waals surface area contributed by atoms with Crippen LogP contribution >= 0.6 is 12.4 Å². The van der Waals surface area contributed by atoms with Gasteiger partial charge in [-0.05, 0) is 44.5 Å². The van der Waals surface area contributed by atoms with Crippen LogP contribution in [0.2, 0.25) is 0 Å². The maximum absolute atomic E-state index is 12.4. The number of nitrogens with one attached hydrogen (secondary N) is 2. The molecule has 0 aliphatic carbocycles. The molecule has 7 nitrogen and oxygen atoms in total. The highest BCUT2D eigenvalue weighted by atomic mass is 35.5. The summed E-state index contributed by atoms with van der Waals surface area (Å²) in [6.07, 6.45) is 4.67. The number of ether oxygens (including phenoxy) is 1. The number of halogens is 1. The molecule has 1 aromatic carbocycles. The number of hydrogen-bond acceptors (Lipinski definition) is 5. The third-order valence-corrected chi connectivity index (χ3v) is 3.99. The highest BCUT2D eigenvalue weighted by Crippen LogP contribution is 2.19. The summed E-state index contributed by atoms with van der Waals surface area (Å²) >= 11 is 0. The first-order chi connectivity index (χ1) is 11.8. The van der Waals surface area contributed by atoms with E-state index in [9.17, 15) is 4.79 Å². The summed E-state index contributed by atoms with van der Waals surface area (Å²) in [7, 11) is 0. The number of nitrogens with zero attached hydrogens (tertiary/aromatic N) is 3. The molecule has 8 heteroatoms. The van der Waals surface area contributed by atoms with Crippen LogP contribution in [0.5, 0.6) is 5.75 Å². The van der Waals surface area contributed by atoms with E-state index < -0.39 is 0 Å². The van der Waals surface area contributed by atoms with E-state index in [1.807, 2.05) is 24.3 Å². The molecule has 2 aromatic rings. The Kier molecular flexibility index (Phi) is 7.21. The SMILES string of the molecule is CCCOc1cccc(NC(=O)c2cn(C3CCNCC3)nn2)c1.Cl. The number of piperidine rings is 1. The monoisotopic (exact) mass is 365 g/mol. The number of hydrogen-bond donors (Lipinski definition) is 2.